The number of rotatable bonds is 3. The molecule has 0 aromatic carbocycles. The number of hydrogen-bond donors (Lipinski definition) is 0. The van der Waals surface area contributed by atoms with Gasteiger partial charge in [0.2, 0.25) is 0 Å². The van der Waals surface area contributed by atoms with Crippen molar-refractivity contribution in [2.24, 2.45) is 7.05 Å². The molecule has 19 heavy (non-hydrogen) atoms. The van der Waals surface area contributed by atoms with Crippen LogP contribution in [0.2, 0.25) is 0 Å². The van der Waals surface area contributed by atoms with Gasteiger partial charge in [-0.05, 0) is 12.0 Å². The number of aromatic nitrogens is 2. The Hall–Kier alpha value is -1.83. The molecule has 1 aromatic rings. The number of nitrogens with zero attached hydrogens (tertiary/aromatic N) is 3. The summed E-state index contributed by atoms with van der Waals surface area (Å²) in [5, 5.41) is 0. The van der Waals surface area contributed by atoms with Crippen molar-refractivity contribution in [1.29, 1.82) is 0 Å². The minimum atomic E-state index is -3.96. The molecule has 0 saturated heterocycles. The van der Waals surface area contributed by atoms with Gasteiger partial charge >= 0.3 is 12.0 Å². The standard InChI is InChI=1S/C11H12F3N3O2/c1-16-7-4-15-9(16)8-2-5-17(6-3-8)11(12,13)10(18)19-14/h2,4,7H,3,5-6H2,1H3. The summed E-state index contributed by atoms with van der Waals surface area (Å²) in [6.07, 6.45) is 5.19. The first-order chi connectivity index (χ1) is 8.96. The highest BCUT2D eigenvalue weighted by atomic mass is 19.3. The summed E-state index contributed by atoms with van der Waals surface area (Å²) in [6, 6.07) is -3.96. The van der Waals surface area contributed by atoms with Crippen molar-refractivity contribution < 1.29 is 23.0 Å². The summed E-state index contributed by atoms with van der Waals surface area (Å²) in [6.45, 7) is -0.259. The molecule has 0 atom stereocenters. The second-order valence-corrected chi connectivity index (χ2v) is 4.19. The molecule has 0 unspecified atom stereocenters. The van der Waals surface area contributed by atoms with Crippen molar-refractivity contribution in [1.82, 2.24) is 14.5 Å². The first kappa shape index (κ1) is 13.6. The highest BCUT2D eigenvalue weighted by molar-refractivity contribution is 5.76. The zero-order valence-electron chi connectivity index (χ0n) is 10.1. The highest BCUT2D eigenvalue weighted by Crippen LogP contribution is 2.28. The first-order valence-corrected chi connectivity index (χ1v) is 5.59. The lowest BCUT2D eigenvalue weighted by Crippen LogP contribution is -2.49. The van der Waals surface area contributed by atoms with Gasteiger partial charge < -0.3 is 4.57 Å². The van der Waals surface area contributed by atoms with E-state index in [1.54, 1.807) is 30.1 Å². The average molecular weight is 275 g/mol. The second kappa shape index (κ2) is 5.04. The fourth-order valence-electron chi connectivity index (χ4n) is 1.98. The van der Waals surface area contributed by atoms with Crippen LogP contribution in [0.15, 0.2) is 18.5 Å². The number of aryl methyl sites for hydroxylation is 1. The van der Waals surface area contributed by atoms with Crippen LogP contribution in [0.4, 0.5) is 13.3 Å². The molecule has 104 valence electrons. The Bertz CT molecular complexity index is 513. The van der Waals surface area contributed by atoms with Crippen LogP contribution in [0, 0.1) is 0 Å². The van der Waals surface area contributed by atoms with Crippen LogP contribution < -0.4 is 0 Å². The van der Waals surface area contributed by atoms with E-state index in [-0.39, 0.29) is 13.1 Å². The molecule has 5 nitrogen and oxygen atoms in total. The van der Waals surface area contributed by atoms with E-state index in [0.717, 1.165) is 5.57 Å². The molecule has 1 aliphatic rings. The average Bonchev–Trinajstić information content (AvgIpc) is 2.84. The number of imidazole rings is 1. The van der Waals surface area contributed by atoms with E-state index in [1.165, 1.54) is 0 Å². The third-order valence-electron chi connectivity index (χ3n) is 3.03. The number of hydrogen-bond acceptors (Lipinski definition) is 4. The number of carbonyl (C=O) groups is 1. The maximum absolute atomic E-state index is 13.4. The van der Waals surface area contributed by atoms with Crippen LogP contribution in [0.1, 0.15) is 12.2 Å². The summed E-state index contributed by atoms with van der Waals surface area (Å²) in [5.74, 6) is -1.50. The fourth-order valence-corrected chi connectivity index (χ4v) is 1.98. The third-order valence-corrected chi connectivity index (χ3v) is 3.03. The maximum atomic E-state index is 13.4. The molecule has 0 N–H and O–H groups in total. The van der Waals surface area contributed by atoms with Gasteiger partial charge in [0.15, 0.2) is 0 Å². The van der Waals surface area contributed by atoms with Crippen molar-refractivity contribution in [3.8, 4) is 0 Å². The van der Waals surface area contributed by atoms with E-state index in [9.17, 15) is 18.1 Å². The van der Waals surface area contributed by atoms with Crippen molar-refractivity contribution in [3.63, 3.8) is 0 Å². The van der Waals surface area contributed by atoms with E-state index in [0.29, 0.717) is 17.1 Å². The van der Waals surface area contributed by atoms with Crippen LogP contribution in [0.5, 0.6) is 0 Å². The third kappa shape index (κ3) is 2.48. The van der Waals surface area contributed by atoms with Gasteiger partial charge in [-0.1, -0.05) is 6.08 Å². The molecule has 0 aliphatic carbocycles. The summed E-state index contributed by atoms with van der Waals surface area (Å²) in [5.41, 5.74) is 0.813. The number of halogens is 3. The lowest BCUT2D eigenvalue weighted by Gasteiger charge is -2.30. The van der Waals surface area contributed by atoms with Gasteiger partial charge in [0.25, 0.3) is 0 Å². The molecule has 8 heteroatoms. The van der Waals surface area contributed by atoms with Gasteiger partial charge in [0.05, 0.1) is 0 Å². The van der Waals surface area contributed by atoms with E-state index < -0.39 is 12.0 Å². The number of alkyl halides is 2. The van der Waals surface area contributed by atoms with Gasteiger partial charge in [0, 0.05) is 37.1 Å². The lowest BCUT2D eigenvalue weighted by molar-refractivity contribution is -0.236. The molecule has 0 saturated carbocycles. The van der Waals surface area contributed by atoms with Crippen LogP contribution in [0.25, 0.3) is 5.57 Å². The van der Waals surface area contributed by atoms with Gasteiger partial charge in [-0.2, -0.15) is 8.78 Å². The van der Waals surface area contributed by atoms with E-state index in [4.69, 9.17) is 0 Å². The minimum absolute atomic E-state index is 0.0825. The molecule has 1 aliphatic heterocycles. The molecule has 0 fully saturated rings. The largest absolute Gasteiger partial charge is 0.434 e. The Morgan fingerprint density at radius 1 is 1.53 bits per heavy atom. The molecule has 0 bridgehead atoms. The lowest BCUT2D eigenvalue weighted by atomic mass is 10.1. The molecular formula is C11H12F3N3O2. The summed E-state index contributed by atoms with van der Waals surface area (Å²) in [4.78, 5) is 18.0. The van der Waals surface area contributed by atoms with E-state index in [1.807, 2.05) is 0 Å². The van der Waals surface area contributed by atoms with Crippen LogP contribution in [-0.2, 0) is 16.8 Å². The highest BCUT2D eigenvalue weighted by Gasteiger charge is 2.48. The second-order valence-electron chi connectivity index (χ2n) is 4.19. The van der Waals surface area contributed by atoms with Crippen molar-refractivity contribution >= 4 is 11.5 Å². The Morgan fingerprint density at radius 2 is 2.26 bits per heavy atom. The minimum Gasteiger partial charge on any atom is -0.334 e. The predicted molar refractivity (Wildman–Crippen MR) is 59.5 cm³/mol. The SMILES string of the molecule is Cn1ccnc1C1=CCN(C(F)(F)C(=O)OF)CC1. The maximum Gasteiger partial charge on any atom is 0.434 e. The topological polar surface area (TPSA) is 47.4 Å². The zero-order valence-corrected chi connectivity index (χ0v) is 10.1. The van der Waals surface area contributed by atoms with Crippen LogP contribution in [0.3, 0.4) is 0 Å². The van der Waals surface area contributed by atoms with Gasteiger partial charge in [-0.15, -0.1) is 0 Å². The Kier molecular flexibility index (Phi) is 3.61. The van der Waals surface area contributed by atoms with Crippen LogP contribution in [-0.4, -0.2) is 39.6 Å². The van der Waals surface area contributed by atoms with Crippen molar-refractivity contribution in [2.75, 3.05) is 13.1 Å². The first-order valence-electron chi connectivity index (χ1n) is 5.59. The van der Waals surface area contributed by atoms with Gasteiger partial charge in [0.1, 0.15) is 5.82 Å². The molecule has 0 amide bonds. The van der Waals surface area contributed by atoms with Gasteiger partial charge in [-0.3, -0.25) is 0 Å². The zero-order chi connectivity index (χ0) is 14.0. The van der Waals surface area contributed by atoms with E-state index in [2.05, 4.69) is 9.93 Å². The van der Waals surface area contributed by atoms with Crippen molar-refractivity contribution in [2.45, 2.75) is 12.5 Å². The monoisotopic (exact) mass is 275 g/mol. The molecule has 1 aromatic heterocycles. The van der Waals surface area contributed by atoms with Gasteiger partial charge in [-0.25, -0.2) is 19.6 Å². The quantitative estimate of drug-likeness (QED) is 0.785. The fraction of sp³-hybridized carbons (Fsp3) is 0.455. The molecular weight excluding hydrogens is 263 g/mol. The summed E-state index contributed by atoms with van der Waals surface area (Å²) < 4.78 is 40.2. The smallest absolute Gasteiger partial charge is 0.334 e. The van der Waals surface area contributed by atoms with Crippen molar-refractivity contribution in [3.05, 3.63) is 24.3 Å². The molecule has 0 spiro atoms. The molecule has 0 radical (unpaired) electrons. The Labute approximate surface area is 107 Å². The van der Waals surface area contributed by atoms with E-state index >= 15 is 0 Å². The molecule has 2 rings (SSSR count). The normalized spacial score (nSPS) is 17.2. The molecule has 2 heterocycles. The summed E-state index contributed by atoms with van der Waals surface area (Å²) >= 11 is 0. The Morgan fingerprint density at radius 3 is 2.74 bits per heavy atom. The summed E-state index contributed by atoms with van der Waals surface area (Å²) in [7, 11) is 1.80. The predicted octanol–water partition coefficient (Wildman–Crippen LogP) is 1.53. The number of carbonyl (C=O) groups excluding carboxylic acids is 1. The Balaban J connectivity index is 2.12. The van der Waals surface area contributed by atoms with Crippen LogP contribution >= 0.6 is 0 Å².